The number of carbonyl (C=O) groups excluding carboxylic acids is 2. The minimum Gasteiger partial charge on any atom is -0.481 e. The van der Waals surface area contributed by atoms with E-state index in [0.29, 0.717) is 30.8 Å². The summed E-state index contributed by atoms with van der Waals surface area (Å²) in [7, 11) is 0. The molecule has 0 bridgehead atoms. The number of nitrogens with one attached hydrogen (secondary N) is 1. The Hall–Kier alpha value is -2.08. The number of carbonyl (C=O) groups is 3. The van der Waals surface area contributed by atoms with Gasteiger partial charge in [0, 0.05) is 23.7 Å². The lowest BCUT2D eigenvalue weighted by atomic mass is 9.66. The summed E-state index contributed by atoms with van der Waals surface area (Å²) in [5.41, 5.74) is -0.205. The van der Waals surface area contributed by atoms with E-state index in [0.717, 1.165) is 12.1 Å². The van der Waals surface area contributed by atoms with Gasteiger partial charge in [-0.25, -0.2) is 0 Å². The van der Waals surface area contributed by atoms with Crippen LogP contribution in [0, 0.1) is 5.41 Å². The number of anilines is 1. The van der Waals surface area contributed by atoms with Crippen molar-refractivity contribution in [2.24, 2.45) is 5.41 Å². The number of hydrogen-bond donors (Lipinski definition) is 2. The number of hydrogen-bond acceptors (Lipinski definition) is 3. The zero-order valence-electron chi connectivity index (χ0n) is 13.1. The van der Waals surface area contributed by atoms with Crippen molar-refractivity contribution in [3.05, 3.63) is 29.3 Å². The van der Waals surface area contributed by atoms with Gasteiger partial charge in [-0.3, -0.25) is 14.4 Å². The standard InChI is InChI=1S/C17H19ClN2O4/c18-11-2-4-12(5-3-11)20-9-6-13(15(20)22)19-14(21)10-17(16(23)24)7-1-8-17/h2-5,13H,1,6-10H2,(H,19,21)(H,23,24). The van der Waals surface area contributed by atoms with Crippen molar-refractivity contribution in [1.29, 1.82) is 0 Å². The third-order valence-corrected chi connectivity index (χ3v) is 5.19. The highest BCUT2D eigenvalue weighted by Gasteiger charge is 2.46. The summed E-state index contributed by atoms with van der Waals surface area (Å²) >= 11 is 5.85. The molecule has 3 rings (SSSR count). The fourth-order valence-corrected chi connectivity index (χ4v) is 3.44. The molecule has 0 spiro atoms. The van der Waals surface area contributed by atoms with Crippen LogP contribution in [-0.4, -0.2) is 35.5 Å². The highest BCUT2D eigenvalue weighted by Crippen LogP contribution is 2.44. The number of aliphatic carboxylic acids is 1. The number of rotatable bonds is 5. The molecular weight excluding hydrogens is 332 g/mol. The third kappa shape index (κ3) is 3.11. The summed E-state index contributed by atoms with van der Waals surface area (Å²) in [6, 6.07) is 6.35. The summed E-state index contributed by atoms with van der Waals surface area (Å²) in [5, 5.41) is 12.6. The normalized spacial score (nSPS) is 22.1. The Balaban J connectivity index is 1.60. The Morgan fingerprint density at radius 3 is 2.50 bits per heavy atom. The highest BCUT2D eigenvalue weighted by molar-refractivity contribution is 6.30. The van der Waals surface area contributed by atoms with Gasteiger partial charge >= 0.3 is 5.97 Å². The second-order valence-electron chi connectivity index (χ2n) is 6.49. The molecule has 1 atom stereocenters. The van der Waals surface area contributed by atoms with E-state index in [2.05, 4.69) is 5.32 Å². The maximum Gasteiger partial charge on any atom is 0.310 e. The SMILES string of the molecule is O=C(CC1(C(=O)O)CCC1)NC1CCN(c2ccc(Cl)cc2)C1=O. The summed E-state index contributed by atoms with van der Waals surface area (Å²) in [6.07, 6.45) is 2.31. The van der Waals surface area contributed by atoms with Crippen LogP contribution in [0.4, 0.5) is 5.69 Å². The molecule has 6 nitrogen and oxygen atoms in total. The Labute approximate surface area is 144 Å². The van der Waals surface area contributed by atoms with Crippen LogP contribution in [0.3, 0.4) is 0 Å². The summed E-state index contributed by atoms with van der Waals surface area (Å²) in [4.78, 5) is 37.6. The van der Waals surface area contributed by atoms with Gasteiger partial charge in [-0.15, -0.1) is 0 Å². The maximum absolute atomic E-state index is 12.5. The highest BCUT2D eigenvalue weighted by atomic mass is 35.5. The van der Waals surface area contributed by atoms with Gasteiger partial charge in [-0.05, 0) is 43.5 Å². The molecule has 2 amide bonds. The molecule has 2 aliphatic rings. The van der Waals surface area contributed by atoms with Crippen LogP contribution in [0.15, 0.2) is 24.3 Å². The first-order chi connectivity index (χ1) is 11.4. The molecule has 7 heteroatoms. The zero-order valence-corrected chi connectivity index (χ0v) is 13.9. The molecule has 128 valence electrons. The van der Waals surface area contributed by atoms with Gasteiger partial charge in [-0.2, -0.15) is 0 Å². The number of halogens is 1. The van der Waals surface area contributed by atoms with Crippen LogP contribution >= 0.6 is 11.6 Å². The molecule has 1 aliphatic carbocycles. The van der Waals surface area contributed by atoms with Crippen molar-refractivity contribution in [3.8, 4) is 0 Å². The lowest BCUT2D eigenvalue weighted by Gasteiger charge is -2.37. The van der Waals surface area contributed by atoms with Crippen LogP contribution in [0.5, 0.6) is 0 Å². The summed E-state index contributed by atoms with van der Waals surface area (Å²) < 4.78 is 0. The Morgan fingerprint density at radius 1 is 1.29 bits per heavy atom. The number of benzene rings is 1. The third-order valence-electron chi connectivity index (χ3n) is 4.94. The molecule has 2 N–H and O–H groups in total. The number of carboxylic acids is 1. The van der Waals surface area contributed by atoms with E-state index in [4.69, 9.17) is 11.6 Å². The summed E-state index contributed by atoms with van der Waals surface area (Å²) in [6.45, 7) is 0.509. The predicted molar refractivity (Wildman–Crippen MR) is 88.9 cm³/mol. The quantitative estimate of drug-likeness (QED) is 0.852. The van der Waals surface area contributed by atoms with Crippen LogP contribution in [0.1, 0.15) is 32.1 Å². The first-order valence-corrected chi connectivity index (χ1v) is 8.39. The first kappa shape index (κ1) is 16.8. The fourth-order valence-electron chi connectivity index (χ4n) is 3.31. The van der Waals surface area contributed by atoms with Gasteiger partial charge in [0.25, 0.3) is 0 Å². The van der Waals surface area contributed by atoms with Crippen molar-refractivity contribution in [3.63, 3.8) is 0 Å². The van der Waals surface area contributed by atoms with Gasteiger partial charge in [0.2, 0.25) is 11.8 Å². The average Bonchev–Trinajstić information content (AvgIpc) is 2.85. The van der Waals surface area contributed by atoms with E-state index in [1.165, 1.54) is 0 Å². The Morgan fingerprint density at radius 2 is 1.96 bits per heavy atom. The fraction of sp³-hybridized carbons (Fsp3) is 0.471. The lowest BCUT2D eigenvalue weighted by Crippen LogP contribution is -2.46. The van der Waals surface area contributed by atoms with E-state index in [1.807, 2.05) is 0 Å². The van der Waals surface area contributed by atoms with Crippen molar-refractivity contribution in [2.45, 2.75) is 38.1 Å². The molecule has 1 aliphatic heterocycles. The molecule has 1 saturated heterocycles. The van der Waals surface area contributed by atoms with Crippen molar-refractivity contribution >= 4 is 35.1 Å². The Bertz CT molecular complexity index is 670. The van der Waals surface area contributed by atoms with E-state index in [1.54, 1.807) is 29.2 Å². The van der Waals surface area contributed by atoms with Crippen LogP contribution in [-0.2, 0) is 14.4 Å². The number of amides is 2. The minimum atomic E-state index is -0.943. The molecular formula is C17H19ClN2O4. The predicted octanol–water partition coefficient (Wildman–Crippen LogP) is 2.21. The van der Waals surface area contributed by atoms with Crippen LogP contribution in [0.25, 0.3) is 0 Å². The van der Waals surface area contributed by atoms with Gasteiger partial charge in [0.1, 0.15) is 6.04 Å². The summed E-state index contributed by atoms with van der Waals surface area (Å²) in [5.74, 6) is -1.47. The molecule has 1 unspecified atom stereocenters. The van der Waals surface area contributed by atoms with E-state index in [9.17, 15) is 19.5 Å². The number of carboxylic acid groups (broad SMARTS) is 1. The second-order valence-corrected chi connectivity index (χ2v) is 6.93. The smallest absolute Gasteiger partial charge is 0.310 e. The monoisotopic (exact) mass is 350 g/mol. The van der Waals surface area contributed by atoms with Gasteiger partial charge in [0.05, 0.1) is 5.41 Å². The second kappa shape index (κ2) is 6.43. The molecule has 1 heterocycles. The van der Waals surface area contributed by atoms with E-state index < -0.39 is 17.4 Å². The molecule has 1 aromatic rings. The molecule has 1 saturated carbocycles. The average molecular weight is 351 g/mol. The van der Waals surface area contributed by atoms with Gasteiger partial charge in [-0.1, -0.05) is 18.0 Å². The topological polar surface area (TPSA) is 86.7 Å². The first-order valence-electron chi connectivity index (χ1n) is 8.01. The maximum atomic E-state index is 12.5. The van der Waals surface area contributed by atoms with E-state index >= 15 is 0 Å². The van der Waals surface area contributed by atoms with Crippen molar-refractivity contribution in [1.82, 2.24) is 5.32 Å². The van der Waals surface area contributed by atoms with Gasteiger partial charge < -0.3 is 15.3 Å². The molecule has 0 radical (unpaired) electrons. The number of nitrogens with zero attached hydrogens (tertiary/aromatic N) is 1. The van der Waals surface area contributed by atoms with Crippen LogP contribution < -0.4 is 10.2 Å². The zero-order chi connectivity index (χ0) is 17.3. The van der Waals surface area contributed by atoms with Crippen molar-refractivity contribution in [2.75, 3.05) is 11.4 Å². The van der Waals surface area contributed by atoms with Crippen LogP contribution in [0.2, 0.25) is 5.02 Å². The van der Waals surface area contributed by atoms with E-state index in [-0.39, 0.29) is 18.2 Å². The largest absolute Gasteiger partial charge is 0.481 e. The molecule has 24 heavy (non-hydrogen) atoms. The molecule has 0 aromatic heterocycles. The van der Waals surface area contributed by atoms with Gasteiger partial charge in [0.15, 0.2) is 0 Å². The molecule has 1 aromatic carbocycles. The van der Waals surface area contributed by atoms with Crippen molar-refractivity contribution < 1.29 is 19.5 Å². The molecule has 2 fully saturated rings. The minimum absolute atomic E-state index is 0.0624. The lowest BCUT2D eigenvalue weighted by molar-refractivity contribution is -0.157. The Kier molecular flexibility index (Phi) is 4.49.